The Morgan fingerprint density at radius 3 is 2.68 bits per heavy atom. The van der Waals surface area contributed by atoms with E-state index in [1.54, 1.807) is 0 Å². The summed E-state index contributed by atoms with van der Waals surface area (Å²) in [5.74, 6) is 0.931. The van der Waals surface area contributed by atoms with Crippen molar-refractivity contribution in [1.29, 1.82) is 0 Å². The van der Waals surface area contributed by atoms with Crippen LogP contribution in [0, 0.1) is 0 Å². The molecule has 1 heterocycles. The summed E-state index contributed by atoms with van der Waals surface area (Å²) >= 11 is 1.90. The molecule has 4 nitrogen and oxygen atoms in total. The minimum absolute atomic E-state index is 0. The van der Waals surface area contributed by atoms with Crippen molar-refractivity contribution in [1.82, 2.24) is 15.2 Å². The number of nitrogens with one attached hydrogen (secondary N) is 1. The number of rotatable bonds is 5. The average Bonchev–Trinajstić information content (AvgIpc) is 3.01. The van der Waals surface area contributed by atoms with Crippen molar-refractivity contribution < 1.29 is 0 Å². The molecule has 6 heteroatoms. The number of hydrogen-bond acceptors (Lipinski definition) is 3. The normalized spacial score (nSPS) is 13.8. The lowest BCUT2D eigenvalue weighted by molar-refractivity contribution is 0.579. The molecule has 0 fully saturated rings. The second-order valence-electron chi connectivity index (χ2n) is 6.38. The number of benzene rings is 1. The topological polar surface area (TPSA) is 40.5 Å². The number of halogens is 1. The Bertz CT molecular complexity index is 658. The highest BCUT2D eigenvalue weighted by molar-refractivity contribution is 14.0. The van der Waals surface area contributed by atoms with E-state index in [0.717, 1.165) is 18.9 Å². The van der Waals surface area contributed by atoms with E-state index in [0.29, 0.717) is 6.54 Å². The fourth-order valence-corrected chi connectivity index (χ4v) is 4.05. The summed E-state index contributed by atoms with van der Waals surface area (Å²) in [5, 5.41) is 4.72. The molecule has 0 amide bonds. The zero-order chi connectivity index (χ0) is 16.8. The minimum Gasteiger partial charge on any atom is -0.356 e. The Morgan fingerprint density at radius 2 is 1.96 bits per heavy atom. The van der Waals surface area contributed by atoms with Gasteiger partial charge < -0.3 is 10.2 Å². The van der Waals surface area contributed by atoms with Crippen LogP contribution in [0.5, 0.6) is 0 Å². The van der Waals surface area contributed by atoms with E-state index in [2.05, 4.69) is 29.6 Å². The Labute approximate surface area is 171 Å². The van der Waals surface area contributed by atoms with E-state index in [1.807, 2.05) is 36.4 Å². The van der Waals surface area contributed by atoms with Crippen LogP contribution in [0.1, 0.15) is 34.0 Å². The predicted molar refractivity (Wildman–Crippen MR) is 117 cm³/mol. The van der Waals surface area contributed by atoms with Crippen LogP contribution in [0.4, 0.5) is 0 Å². The number of nitrogens with zero attached hydrogens (tertiary/aromatic N) is 3. The number of hydrogen-bond donors (Lipinski definition) is 1. The van der Waals surface area contributed by atoms with Gasteiger partial charge in [-0.25, -0.2) is 9.98 Å². The minimum atomic E-state index is 0. The Balaban J connectivity index is 0.00000225. The van der Waals surface area contributed by atoms with E-state index in [-0.39, 0.29) is 24.0 Å². The van der Waals surface area contributed by atoms with Crippen LogP contribution < -0.4 is 5.32 Å². The van der Waals surface area contributed by atoms with Gasteiger partial charge in [-0.1, -0.05) is 30.3 Å². The van der Waals surface area contributed by atoms with Crippen LogP contribution in [-0.2, 0) is 25.8 Å². The number of aliphatic imine (C=N–C) groups is 1. The first-order chi connectivity index (χ1) is 11.7. The predicted octanol–water partition coefficient (Wildman–Crippen LogP) is 3.89. The highest BCUT2D eigenvalue weighted by Crippen LogP contribution is 2.26. The molecule has 0 radical (unpaired) electrons. The number of aryl methyl sites for hydroxylation is 2. The molecule has 0 aliphatic heterocycles. The fraction of sp³-hybridized carbons (Fsp3) is 0.474. The zero-order valence-electron chi connectivity index (χ0n) is 15.0. The third kappa shape index (κ3) is 5.95. The molecule has 1 N–H and O–H groups in total. The molecule has 0 atom stereocenters. The molecule has 0 spiro atoms. The summed E-state index contributed by atoms with van der Waals surface area (Å²) in [7, 11) is 4.05. The zero-order valence-corrected chi connectivity index (χ0v) is 18.1. The van der Waals surface area contributed by atoms with E-state index >= 15 is 0 Å². The molecule has 1 aromatic heterocycles. The third-order valence-corrected chi connectivity index (χ3v) is 5.41. The molecule has 3 rings (SSSR count). The molecule has 0 unspecified atom stereocenters. The maximum atomic E-state index is 4.81. The van der Waals surface area contributed by atoms with Crippen LogP contribution in [0.15, 0.2) is 35.3 Å². The Morgan fingerprint density at radius 1 is 1.20 bits per heavy atom. The maximum Gasteiger partial charge on any atom is 0.193 e. The van der Waals surface area contributed by atoms with Gasteiger partial charge in [0.05, 0.1) is 17.2 Å². The number of aromatic nitrogens is 1. The number of thiazole rings is 1. The second-order valence-corrected chi connectivity index (χ2v) is 7.55. The lowest BCUT2D eigenvalue weighted by atomic mass is 10.0. The molecule has 1 aromatic carbocycles. The van der Waals surface area contributed by atoms with Crippen LogP contribution in [0.3, 0.4) is 0 Å². The smallest absolute Gasteiger partial charge is 0.193 e. The summed E-state index contributed by atoms with van der Waals surface area (Å²) in [6, 6.07) is 10.4. The number of guanidine groups is 1. The second kappa shape index (κ2) is 10.1. The summed E-state index contributed by atoms with van der Waals surface area (Å²) in [4.78, 5) is 13.1. The van der Waals surface area contributed by atoms with Gasteiger partial charge in [0.25, 0.3) is 0 Å². The first-order valence-corrected chi connectivity index (χ1v) is 9.51. The summed E-state index contributed by atoms with van der Waals surface area (Å²) in [6.45, 7) is 1.57. The van der Waals surface area contributed by atoms with E-state index in [9.17, 15) is 0 Å². The third-order valence-electron chi connectivity index (χ3n) is 4.19. The van der Waals surface area contributed by atoms with Crippen molar-refractivity contribution in [2.45, 2.75) is 38.6 Å². The summed E-state index contributed by atoms with van der Waals surface area (Å²) < 4.78 is 0. The van der Waals surface area contributed by atoms with E-state index in [1.165, 1.54) is 46.8 Å². The fourth-order valence-electron chi connectivity index (χ4n) is 2.90. The van der Waals surface area contributed by atoms with Gasteiger partial charge in [0.2, 0.25) is 0 Å². The lowest BCUT2D eigenvalue weighted by Gasteiger charge is -2.17. The van der Waals surface area contributed by atoms with E-state index in [4.69, 9.17) is 9.98 Å². The average molecular weight is 470 g/mol. The molecule has 0 saturated carbocycles. The largest absolute Gasteiger partial charge is 0.356 e. The van der Waals surface area contributed by atoms with Crippen molar-refractivity contribution in [3.63, 3.8) is 0 Å². The first kappa shape index (κ1) is 20.2. The standard InChI is InChI=1S/C19H26N4S.HI/c1-23(2)19(21-14-15-8-4-3-5-9-15)20-13-12-18-22-16-10-6-7-11-17(16)24-18;/h3-5,8-9H,6-7,10-14H2,1-2H3,(H,20,21);1H. The van der Waals surface area contributed by atoms with Crippen molar-refractivity contribution in [2.75, 3.05) is 20.6 Å². The van der Waals surface area contributed by atoms with E-state index < -0.39 is 0 Å². The molecule has 1 aliphatic rings. The van der Waals surface area contributed by atoms with Gasteiger partial charge >= 0.3 is 0 Å². The van der Waals surface area contributed by atoms with Crippen molar-refractivity contribution in [2.24, 2.45) is 4.99 Å². The molecule has 25 heavy (non-hydrogen) atoms. The molecule has 136 valence electrons. The SMILES string of the molecule is CN(C)C(=NCc1ccccc1)NCCc1nc2c(s1)CCCC2.I. The van der Waals surface area contributed by atoms with Crippen molar-refractivity contribution in [3.05, 3.63) is 51.5 Å². The summed E-state index contributed by atoms with van der Waals surface area (Å²) in [5.41, 5.74) is 2.58. The van der Waals surface area contributed by atoms with Crippen LogP contribution >= 0.6 is 35.3 Å². The van der Waals surface area contributed by atoms with Gasteiger partial charge in [0.1, 0.15) is 0 Å². The Kier molecular flexibility index (Phi) is 8.15. The van der Waals surface area contributed by atoms with Crippen LogP contribution in [-0.4, -0.2) is 36.5 Å². The molecule has 0 bridgehead atoms. The quantitative estimate of drug-likeness (QED) is 0.410. The lowest BCUT2D eigenvalue weighted by Crippen LogP contribution is -2.37. The van der Waals surface area contributed by atoms with Gasteiger partial charge in [-0.2, -0.15) is 0 Å². The van der Waals surface area contributed by atoms with Gasteiger partial charge in [0.15, 0.2) is 5.96 Å². The summed E-state index contributed by atoms with van der Waals surface area (Å²) in [6.07, 6.45) is 5.98. The van der Waals surface area contributed by atoms with Crippen LogP contribution in [0.25, 0.3) is 0 Å². The van der Waals surface area contributed by atoms with Crippen molar-refractivity contribution >= 4 is 41.3 Å². The van der Waals surface area contributed by atoms with Crippen LogP contribution in [0.2, 0.25) is 0 Å². The maximum absolute atomic E-state index is 4.81. The van der Waals surface area contributed by atoms with Gasteiger partial charge in [-0.15, -0.1) is 35.3 Å². The monoisotopic (exact) mass is 470 g/mol. The highest BCUT2D eigenvalue weighted by atomic mass is 127. The van der Waals surface area contributed by atoms with Gasteiger partial charge in [-0.05, 0) is 31.2 Å². The number of fused-ring (bicyclic) bond motifs is 1. The molecular formula is C19H27IN4S. The molecule has 1 aliphatic carbocycles. The molecule has 2 aromatic rings. The van der Waals surface area contributed by atoms with Gasteiger partial charge in [0, 0.05) is 31.9 Å². The van der Waals surface area contributed by atoms with Gasteiger partial charge in [-0.3, -0.25) is 0 Å². The first-order valence-electron chi connectivity index (χ1n) is 8.69. The molecular weight excluding hydrogens is 443 g/mol. The highest BCUT2D eigenvalue weighted by Gasteiger charge is 2.14. The van der Waals surface area contributed by atoms with Crippen molar-refractivity contribution in [3.8, 4) is 0 Å². The molecule has 0 saturated heterocycles. The Hall–Kier alpha value is -1.15.